The molecule has 1 aliphatic rings. The maximum Gasteiger partial charge on any atom is 0.365 e. The van der Waals surface area contributed by atoms with Crippen molar-refractivity contribution in [3.63, 3.8) is 0 Å². The van der Waals surface area contributed by atoms with Crippen LogP contribution in [0.25, 0.3) is 0 Å². The summed E-state index contributed by atoms with van der Waals surface area (Å²) in [5.41, 5.74) is 0.867. The minimum atomic E-state index is -0.938. The fraction of sp³-hybridized carbons (Fsp3) is 0.385. The van der Waals surface area contributed by atoms with E-state index in [2.05, 4.69) is 27.4 Å². The van der Waals surface area contributed by atoms with E-state index >= 15 is 0 Å². The number of carbonyl (C=O) groups is 1. The second-order valence-corrected chi connectivity index (χ2v) is 6.56. The standard InChI is InChI=1S/C13H14N2O2S2/c16-13(17)12-14-9(8-19-12)6-15(10-3-4-10)7-11-2-1-5-18-11/h1-2,5,8,10H,3-4,6-7H2,(H,16,17). The number of rotatable bonds is 6. The second-order valence-electron chi connectivity index (χ2n) is 4.66. The third-order valence-electron chi connectivity index (χ3n) is 3.10. The van der Waals surface area contributed by atoms with E-state index in [1.165, 1.54) is 29.1 Å². The van der Waals surface area contributed by atoms with Crippen LogP contribution in [0.5, 0.6) is 0 Å². The maximum atomic E-state index is 10.8. The highest BCUT2D eigenvalue weighted by molar-refractivity contribution is 7.11. The van der Waals surface area contributed by atoms with Crippen molar-refractivity contribution in [3.8, 4) is 0 Å². The Kier molecular flexibility index (Phi) is 3.63. The van der Waals surface area contributed by atoms with Crippen LogP contribution in [-0.2, 0) is 13.1 Å². The Hall–Kier alpha value is -1.24. The minimum Gasteiger partial charge on any atom is -0.476 e. The predicted octanol–water partition coefficient (Wildman–Crippen LogP) is 3.07. The van der Waals surface area contributed by atoms with Gasteiger partial charge in [-0.05, 0) is 24.3 Å². The fourth-order valence-electron chi connectivity index (χ4n) is 2.04. The summed E-state index contributed by atoms with van der Waals surface area (Å²) in [6, 6.07) is 4.84. The first-order chi connectivity index (χ1) is 9.22. The van der Waals surface area contributed by atoms with Gasteiger partial charge in [-0.2, -0.15) is 0 Å². The van der Waals surface area contributed by atoms with Crippen molar-refractivity contribution in [1.82, 2.24) is 9.88 Å². The molecule has 100 valence electrons. The average molecular weight is 294 g/mol. The largest absolute Gasteiger partial charge is 0.476 e. The number of thiazole rings is 1. The Bertz CT molecular complexity index is 561. The summed E-state index contributed by atoms with van der Waals surface area (Å²) in [4.78, 5) is 18.8. The van der Waals surface area contributed by atoms with Crippen LogP contribution in [-0.4, -0.2) is 27.0 Å². The van der Waals surface area contributed by atoms with Crippen molar-refractivity contribution in [2.75, 3.05) is 0 Å². The molecule has 3 rings (SSSR count). The zero-order chi connectivity index (χ0) is 13.2. The molecular weight excluding hydrogens is 280 g/mol. The molecule has 4 nitrogen and oxygen atoms in total. The Morgan fingerprint density at radius 3 is 2.84 bits per heavy atom. The van der Waals surface area contributed by atoms with Gasteiger partial charge in [-0.15, -0.1) is 22.7 Å². The summed E-state index contributed by atoms with van der Waals surface area (Å²) >= 11 is 2.97. The predicted molar refractivity (Wildman–Crippen MR) is 75.7 cm³/mol. The zero-order valence-electron chi connectivity index (χ0n) is 10.3. The number of thiophene rings is 1. The highest BCUT2D eigenvalue weighted by Crippen LogP contribution is 2.30. The first kappa shape index (κ1) is 12.8. The molecule has 0 atom stereocenters. The van der Waals surface area contributed by atoms with Crippen LogP contribution in [0.2, 0.25) is 0 Å². The molecule has 1 aliphatic carbocycles. The van der Waals surface area contributed by atoms with Crippen molar-refractivity contribution in [2.24, 2.45) is 0 Å². The van der Waals surface area contributed by atoms with Crippen molar-refractivity contribution in [3.05, 3.63) is 38.5 Å². The molecule has 0 radical (unpaired) electrons. The molecule has 2 heterocycles. The number of nitrogens with zero attached hydrogens (tertiary/aromatic N) is 2. The normalized spacial score (nSPS) is 15.0. The van der Waals surface area contributed by atoms with E-state index in [1.807, 2.05) is 5.38 Å². The number of hydrogen-bond donors (Lipinski definition) is 1. The van der Waals surface area contributed by atoms with Crippen LogP contribution in [0.4, 0.5) is 0 Å². The molecule has 0 aromatic carbocycles. The van der Waals surface area contributed by atoms with Crippen molar-refractivity contribution < 1.29 is 9.90 Å². The van der Waals surface area contributed by atoms with Crippen LogP contribution in [0, 0.1) is 0 Å². The molecular formula is C13H14N2O2S2. The molecule has 1 saturated carbocycles. The SMILES string of the molecule is O=C(O)c1nc(CN(Cc2cccs2)C2CC2)cs1. The van der Waals surface area contributed by atoms with Gasteiger partial charge in [0.2, 0.25) is 5.01 Å². The third kappa shape index (κ3) is 3.20. The molecule has 2 aromatic rings. The van der Waals surface area contributed by atoms with E-state index < -0.39 is 5.97 Å². The Morgan fingerprint density at radius 2 is 2.26 bits per heavy atom. The van der Waals surface area contributed by atoms with Gasteiger partial charge in [-0.25, -0.2) is 9.78 Å². The van der Waals surface area contributed by atoms with E-state index in [0.29, 0.717) is 6.04 Å². The fourth-order valence-corrected chi connectivity index (χ4v) is 3.42. The van der Waals surface area contributed by atoms with E-state index in [9.17, 15) is 4.79 Å². The summed E-state index contributed by atoms with van der Waals surface area (Å²) < 4.78 is 0. The van der Waals surface area contributed by atoms with Crippen molar-refractivity contribution >= 4 is 28.6 Å². The Balaban J connectivity index is 1.68. The lowest BCUT2D eigenvalue weighted by atomic mass is 10.3. The van der Waals surface area contributed by atoms with Gasteiger partial charge >= 0.3 is 5.97 Å². The number of hydrogen-bond acceptors (Lipinski definition) is 5. The maximum absolute atomic E-state index is 10.8. The van der Waals surface area contributed by atoms with Gasteiger partial charge in [-0.3, -0.25) is 4.90 Å². The highest BCUT2D eigenvalue weighted by Gasteiger charge is 2.29. The number of aromatic nitrogens is 1. The van der Waals surface area contributed by atoms with Crippen molar-refractivity contribution in [2.45, 2.75) is 32.0 Å². The van der Waals surface area contributed by atoms with Crippen molar-refractivity contribution in [1.29, 1.82) is 0 Å². The van der Waals surface area contributed by atoms with Crippen LogP contribution in [0.15, 0.2) is 22.9 Å². The van der Waals surface area contributed by atoms with Crippen LogP contribution < -0.4 is 0 Å². The Morgan fingerprint density at radius 1 is 1.42 bits per heavy atom. The molecule has 19 heavy (non-hydrogen) atoms. The van der Waals surface area contributed by atoms with Gasteiger partial charge in [0.25, 0.3) is 0 Å². The molecule has 0 spiro atoms. The van der Waals surface area contributed by atoms with Gasteiger partial charge < -0.3 is 5.11 Å². The van der Waals surface area contributed by atoms with Crippen LogP contribution in [0.3, 0.4) is 0 Å². The number of aromatic carboxylic acids is 1. The zero-order valence-corrected chi connectivity index (χ0v) is 11.9. The van der Waals surface area contributed by atoms with Crippen LogP contribution >= 0.6 is 22.7 Å². The van der Waals surface area contributed by atoms with E-state index in [0.717, 1.165) is 18.8 Å². The monoisotopic (exact) mass is 294 g/mol. The molecule has 1 N–H and O–H groups in total. The summed E-state index contributed by atoms with van der Waals surface area (Å²) in [7, 11) is 0. The van der Waals surface area contributed by atoms with E-state index in [-0.39, 0.29) is 5.01 Å². The first-order valence-corrected chi connectivity index (χ1v) is 7.92. The molecule has 0 unspecified atom stereocenters. The Labute approximate surface area is 119 Å². The highest BCUT2D eigenvalue weighted by atomic mass is 32.1. The quantitative estimate of drug-likeness (QED) is 0.889. The molecule has 0 saturated heterocycles. The molecule has 1 fully saturated rings. The van der Waals surface area contributed by atoms with Gasteiger partial charge in [0, 0.05) is 29.4 Å². The smallest absolute Gasteiger partial charge is 0.365 e. The number of carboxylic acid groups (broad SMARTS) is 1. The van der Waals surface area contributed by atoms with Gasteiger partial charge in [0.15, 0.2) is 0 Å². The first-order valence-electron chi connectivity index (χ1n) is 6.16. The summed E-state index contributed by atoms with van der Waals surface area (Å²) in [6.07, 6.45) is 2.47. The average Bonchev–Trinajstić information content (AvgIpc) is 2.90. The molecule has 0 bridgehead atoms. The molecule has 0 aliphatic heterocycles. The molecule has 0 amide bonds. The minimum absolute atomic E-state index is 0.182. The summed E-state index contributed by atoms with van der Waals surface area (Å²) in [6.45, 7) is 1.68. The summed E-state index contributed by atoms with van der Waals surface area (Å²) in [5.74, 6) is -0.938. The lowest BCUT2D eigenvalue weighted by Gasteiger charge is -2.19. The third-order valence-corrected chi connectivity index (χ3v) is 4.84. The topological polar surface area (TPSA) is 53.4 Å². The number of carboxylic acids is 1. The lowest BCUT2D eigenvalue weighted by molar-refractivity contribution is 0.0696. The van der Waals surface area contributed by atoms with Gasteiger partial charge in [-0.1, -0.05) is 6.07 Å². The molecule has 6 heteroatoms. The van der Waals surface area contributed by atoms with Crippen LogP contribution in [0.1, 0.15) is 33.2 Å². The van der Waals surface area contributed by atoms with Gasteiger partial charge in [0.05, 0.1) is 5.69 Å². The summed E-state index contributed by atoms with van der Waals surface area (Å²) in [5, 5.41) is 13.0. The molecule has 2 aromatic heterocycles. The van der Waals surface area contributed by atoms with Gasteiger partial charge in [0.1, 0.15) is 0 Å². The second kappa shape index (κ2) is 5.40. The lowest BCUT2D eigenvalue weighted by Crippen LogP contribution is -2.24. The van der Waals surface area contributed by atoms with E-state index in [1.54, 1.807) is 11.3 Å². The van der Waals surface area contributed by atoms with E-state index in [4.69, 9.17) is 5.11 Å².